The lowest BCUT2D eigenvalue weighted by Crippen LogP contribution is -2.41. The van der Waals surface area contributed by atoms with E-state index in [9.17, 15) is 5.11 Å². The van der Waals surface area contributed by atoms with Crippen molar-refractivity contribution < 1.29 is 9.84 Å². The molecule has 0 aromatic heterocycles. The van der Waals surface area contributed by atoms with E-state index in [0.29, 0.717) is 13.0 Å². The molecule has 0 amide bonds. The van der Waals surface area contributed by atoms with Gasteiger partial charge in [0.05, 0.1) is 6.61 Å². The molecule has 2 aromatic carbocycles. The Kier molecular flexibility index (Phi) is 2.81. The smallest absolute Gasteiger partial charge is 0.163 e. The highest BCUT2D eigenvalue weighted by Crippen LogP contribution is 2.50. The highest BCUT2D eigenvalue weighted by atomic mass is 16.5. The Morgan fingerprint density at radius 1 is 1.24 bits per heavy atom. The topological polar surface area (TPSA) is 32.7 Å². The van der Waals surface area contributed by atoms with Crippen LogP contribution in [-0.2, 0) is 16.9 Å². The van der Waals surface area contributed by atoms with Gasteiger partial charge in [0, 0.05) is 24.2 Å². The zero-order chi connectivity index (χ0) is 14.4. The lowest BCUT2D eigenvalue weighted by molar-refractivity contribution is -0.0313. The van der Waals surface area contributed by atoms with Crippen molar-refractivity contribution in [3.8, 4) is 0 Å². The number of hydrogen-bond donors (Lipinski definition) is 1. The molecule has 0 bridgehead atoms. The van der Waals surface area contributed by atoms with E-state index in [-0.39, 0.29) is 6.23 Å². The van der Waals surface area contributed by atoms with Crippen LogP contribution in [0.3, 0.4) is 0 Å². The number of benzene rings is 2. The summed E-state index contributed by atoms with van der Waals surface area (Å²) in [6, 6.07) is 16.6. The second-order valence-corrected chi connectivity index (χ2v) is 6.03. The summed E-state index contributed by atoms with van der Waals surface area (Å²) in [5.74, 6) is 0. The molecule has 0 aliphatic carbocycles. The van der Waals surface area contributed by atoms with E-state index < -0.39 is 5.60 Å². The standard InChI is InChI=1S/C18H19NO2/c1-13-7-8-15-16(11-13)19(12-14-5-3-2-4-6-14)17-18(15,20)9-10-21-17/h2-8,11,17,20H,9-10,12H2,1H3. The highest BCUT2D eigenvalue weighted by molar-refractivity contribution is 5.64. The molecule has 3 nitrogen and oxygen atoms in total. The van der Waals surface area contributed by atoms with Crippen molar-refractivity contribution in [1.29, 1.82) is 0 Å². The average molecular weight is 281 g/mol. The normalized spacial score (nSPS) is 26.8. The van der Waals surface area contributed by atoms with Gasteiger partial charge in [0.15, 0.2) is 6.23 Å². The van der Waals surface area contributed by atoms with E-state index in [1.165, 1.54) is 11.1 Å². The van der Waals surface area contributed by atoms with Crippen LogP contribution in [-0.4, -0.2) is 17.9 Å². The molecule has 1 saturated heterocycles. The predicted molar refractivity (Wildman–Crippen MR) is 82.1 cm³/mol. The van der Waals surface area contributed by atoms with Crippen LogP contribution in [0.2, 0.25) is 0 Å². The Morgan fingerprint density at radius 3 is 2.86 bits per heavy atom. The maximum absolute atomic E-state index is 11.1. The summed E-state index contributed by atoms with van der Waals surface area (Å²) in [4.78, 5) is 2.20. The Balaban J connectivity index is 1.78. The number of fused-ring (bicyclic) bond motifs is 3. The fourth-order valence-electron chi connectivity index (χ4n) is 3.52. The molecule has 2 atom stereocenters. The number of aryl methyl sites for hydroxylation is 1. The summed E-state index contributed by atoms with van der Waals surface area (Å²) in [6.07, 6.45) is 0.397. The maximum atomic E-state index is 11.1. The lowest BCUT2D eigenvalue weighted by atomic mass is 9.93. The van der Waals surface area contributed by atoms with Crippen LogP contribution < -0.4 is 4.90 Å². The minimum Gasteiger partial charge on any atom is -0.380 e. The third kappa shape index (κ3) is 1.88. The summed E-state index contributed by atoms with van der Waals surface area (Å²) < 4.78 is 5.86. The van der Waals surface area contributed by atoms with Crippen molar-refractivity contribution in [2.75, 3.05) is 11.5 Å². The van der Waals surface area contributed by atoms with E-state index >= 15 is 0 Å². The van der Waals surface area contributed by atoms with Crippen molar-refractivity contribution in [3.05, 3.63) is 65.2 Å². The molecule has 2 unspecified atom stereocenters. The van der Waals surface area contributed by atoms with Gasteiger partial charge in [-0.3, -0.25) is 0 Å². The van der Waals surface area contributed by atoms with Gasteiger partial charge in [0.1, 0.15) is 5.60 Å². The number of nitrogens with zero attached hydrogens (tertiary/aromatic N) is 1. The molecule has 1 N–H and O–H groups in total. The van der Waals surface area contributed by atoms with Crippen LogP contribution in [0, 0.1) is 6.92 Å². The minimum atomic E-state index is -0.863. The molecule has 4 rings (SSSR count). The Morgan fingerprint density at radius 2 is 2.05 bits per heavy atom. The van der Waals surface area contributed by atoms with Gasteiger partial charge in [-0.2, -0.15) is 0 Å². The molecular formula is C18H19NO2. The summed E-state index contributed by atoms with van der Waals surface area (Å²) in [6.45, 7) is 3.45. The zero-order valence-corrected chi connectivity index (χ0v) is 12.1. The van der Waals surface area contributed by atoms with Gasteiger partial charge >= 0.3 is 0 Å². The van der Waals surface area contributed by atoms with E-state index in [0.717, 1.165) is 17.8 Å². The fraction of sp³-hybridized carbons (Fsp3) is 0.333. The first-order valence-electron chi connectivity index (χ1n) is 7.44. The number of hydrogen-bond acceptors (Lipinski definition) is 3. The molecule has 0 spiro atoms. The number of aliphatic hydroxyl groups is 1. The molecule has 2 aliphatic heterocycles. The largest absolute Gasteiger partial charge is 0.380 e. The van der Waals surface area contributed by atoms with E-state index in [2.05, 4.69) is 42.2 Å². The Labute approximate surface area is 124 Å². The summed E-state index contributed by atoms with van der Waals surface area (Å²) in [5, 5.41) is 11.1. The number of rotatable bonds is 2. The molecule has 2 aliphatic rings. The first-order valence-corrected chi connectivity index (χ1v) is 7.44. The number of anilines is 1. The highest BCUT2D eigenvalue weighted by Gasteiger charge is 2.54. The van der Waals surface area contributed by atoms with Crippen molar-refractivity contribution in [1.82, 2.24) is 0 Å². The molecule has 3 heteroatoms. The first kappa shape index (κ1) is 12.9. The SMILES string of the molecule is Cc1ccc2c(c1)N(Cc1ccccc1)C1OCCC21O. The minimum absolute atomic E-state index is 0.269. The van der Waals surface area contributed by atoms with Gasteiger partial charge in [-0.15, -0.1) is 0 Å². The molecule has 2 heterocycles. The van der Waals surface area contributed by atoms with Crippen molar-refractivity contribution in [3.63, 3.8) is 0 Å². The van der Waals surface area contributed by atoms with Crippen LogP contribution in [0.25, 0.3) is 0 Å². The Bertz CT molecular complexity index is 670. The molecule has 2 aromatic rings. The number of ether oxygens (including phenoxy) is 1. The van der Waals surface area contributed by atoms with Gasteiger partial charge in [0.25, 0.3) is 0 Å². The first-order chi connectivity index (χ1) is 10.2. The summed E-state index contributed by atoms with van der Waals surface area (Å²) in [5.41, 5.74) is 3.68. The molecule has 0 radical (unpaired) electrons. The molecule has 0 saturated carbocycles. The quantitative estimate of drug-likeness (QED) is 0.918. The third-order valence-electron chi connectivity index (χ3n) is 4.58. The van der Waals surface area contributed by atoms with Gasteiger partial charge in [-0.1, -0.05) is 42.5 Å². The molecule has 21 heavy (non-hydrogen) atoms. The van der Waals surface area contributed by atoms with Crippen LogP contribution >= 0.6 is 0 Å². The van der Waals surface area contributed by atoms with Gasteiger partial charge in [-0.05, 0) is 24.1 Å². The molecule has 108 valence electrons. The second kappa shape index (κ2) is 4.58. The van der Waals surface area contributed by atoms with Gasteiger partial charge in [0.2, 0.25) is 0 Å². The van der Waals surface area contributed by atoms with Crippen LogP contribution in [0.4, 0.5) is 5.69 Å². The van der Waals surface area contributed by atoms with E-state index in [1.807, 2.05) is 18.2 Å². The van der Waals surface area contributed by atoms with E-state index in [1.54, 1.807) is 0 Å². The second-order valence-electron chi connectivity index (χ2n) is 6.03. The maximum Gasteiger partial charge on any atom is 0.163 e. The average Bonchev–Trinajstić information content (AvgIpc) is 2.96. The van der Waals surface area contributed by atoms with Crippen LogP contribution in [0.1, 0.15) is 23.1 Å². The molecular weight excluding hydrogens is 262 g/mol. The van der Waals surface area contributed by atoms with Crippen LogP contribution in [0.15, 0.2) is 48.5 Å². The predicted octanol–water partition coefficient (Wildman–Crippen LogP) is 2.95. The van der Waals surface area contributed by atoms with Crippen molar-refractivity contribution in [2.45, 2.75) is 31.7 Å². The third-order valence-corrected chi connectivity index (χ3v) is 4.58. The Hall–Kier alpha value is -1.84. The fourth-order valence-corrected chi connectivity index (χ4v) is 3.52. The lowest BCUT2D eigenvalue weighted by Gasteiger charge is -2.29. The summed E-state index contributed by atoms with van der Waals surface area (Å²) >= 11 is 0. The van der Waals surface area contributed by atoms with Gasteiger partial charge in [-0.25, -0.2) is 0 Å². The van der Waals surface area contributed by atoms with Crippen LogP contribution in [0.5, 0.6) is 0 Å². The molecule has 1 fully saturated rings. The summed E-state index contributed by atoms with van der Waals surface area (Å²) in [7, 11) is 0. The van der Waals surface area contributed by atoms with Crippen molar-refractivity contribution >= 4 is 5.69 Å². The van der Waals surface area contributed by atoms with Crippen molar-refractivity contribution in [2.24, 2.45) is 0 Å². The zero-order valence-electron chi connectivity index (χ0n) is 12.1. The monoisotopic (exact) mass is 281 g/mol. The van der Waals surface area contributed by atoms with E-state index in [4.69, 9.17) is 4.74 Å². The van der Waals surface area contributed by atoms with Gasteiger partial charge < -0.3 is 14.7 Å².